The van der Waals surface area contributed by atoms with Crippen LogP contribution in [-0.2, 0) is 4.79 Å². The van der Waals surface area contributed by atoms with E-state index < -0.39 is 0 Å². The van der Waals surface area contributed by atoms with E-state index in [1.54, 1.807) is 0 Å². The maximum absolute atomic E-state index is 12.5. The highest BCUT2D eigenvalue weighted by Gasteiger charge is 2.26. The van der Waals surface area contributed by atoms with Crippen LogP contribution in [0, 0.1) is 11.8 Å². The Hall–Kier alpha value is -0.570. The van der Waals surface area contributed by atoms with Crippen LogP contribution in [0.4, 0.5) is 0 Å². The van der Waals surface area contributed by atoms with Gasteiger partial charge in [-0.05, 0) is 51.6 Å². The smallest absolute Gasteiger partial charge is 0.225 e. The van der Waals surface area contributed by atoms with Crippen molar-refractivity contribution in [2.75, 3.05) is 26.7 Å². The minimum Gasteiger partial charge on any atom is -0.342 e. The molecule has 1 heterocycles. The Morgan fingerprint density at radius 2 is 1.79 bits per heavy atom. The van der Waals surface area contributed by atoms with E-state index in [4.69, 9.17) is 0 Å². The van der Waals surface area contributed by atoms with Gasteiger partial charge in [-0.15, -0.1) is 0 Å². The molecule has 3 heteroatoms. The zero-order chi connectivity index (χ0) is 14.1. The number of amides is 1. The Morgan fingerprint density at radius 1 is 1.21 bits per heavy atom. The average Bonchev–Trinajstić information content (AvgIpc) is 2.44. The van der Waals surface area contributed by atoms with E-state index in [0.29, 0.717) is 5.91 Å². The summed E-state index contributed by atoms with van der Waals surface area (Å²) < 4.78 is 0. The van der Waals surface area contributed by atoms with Gasteiger partial charge in [0.15, 0.2) is 0 Å². The Balaban J connectivity index is 2.37. The van der Waals surface area contributed by atoms with Gasteiger partial charge in [0.1, 0.15) is 0 Å². The van der Waals surface area contributed by atoms with Crippen molar-refractivity contribution < 1.29 is 4.79 Å². The first-order valence-electron chi connectivity index (χ1n) is 8.16. The molecule has 19 heavy (non-hydrogen) atoms. The third kappa shape index (κ3) is 5.52. The molecule has 0 aromatic carbocycles. The Labute approximate surface area is 119 Å². The molecule has 1 fully saturated rings. The SMILES string of the molecule is CCCC(CCC)C(=O)N1CCC(CCNC)CC1. The van der Waals surface area contributed by atoms with Gasteiger partial charge in [-0.25, -0.2) is 0 Å². The fourth-order valence-corrected chi connectivity index (χ4v) is 3.14. The van der Waals surface area contributed by atoms with Crippen molar-refractivity contribution in [2.45, 2.75) is 58.8 Å². The largest absolute Gasteiger partial charge is 0.342 e. The average molecular weight is 268 g/mol. The lowest BCUT2D eigenvalue weighted by molar-refractivity contribution is -0.137. The summed E-state index contributed by atoms with van der Waals surface area (Å²) in [5.74, 6) is 1.52. The quantitative estimate of drug-likeness (QED) is 0.734. The monoisotopic (exact) mass is 268 g/mol. The molecule has 1 rings (SSSR count). The number of piperidine rings is 1. The number of hydrogen-bond donors (Lipinski definition) is 1. The van der Waals surface area contributed by atoms with Crippen LogP contribution in [0.15, 0.2) is 0 Å². The van der Waals surface area contributed by atoms with Gasteiger partial charge in [0.25, 0.3) is 0 Å². The second kappa shape index (κ2) is 9.35. The molecular weight excluding hydrogens is 236 g/mol. The summed E-state index contributed by atoms with van der Waals surface area (Å²) in [5.41, 5.74) is 0. The summed E-state index contributed by atoms with van der Waals surface area (Å²) in [6, 6.07) is 0. The summed E-state index contributed by atoms with van der Waals surface area (Å²) in [7, 11) is 2.01. The highest BCUT2D eigenvalue weighted by molar-refractivity contribution is 5.78. The molecule has 0 saturated carbocycles. The number of rotatable bonds is 8. The predicted octanol–water partition coefficient (Wildman–Crippen LogP) is 3.05. The van der Waals surface area contributed by atoms with Gasteiger partial charge in [0.2, 0.25) is 5.91 Å². The molecule has 0 bridgehead atoms. The van der Waals surface area contributed by atoms with Crippen molar-refractivity contribution in [1.29, 1.82) is 0 Å². The number of hydrogen-bond acceptors (Lipinski definition) is 2. The Bertz CT molecular complexity index is 241. The minimum atomic E-state index is 0.281. The molecule has 112 valence electrons. The van der Waals surface area contributed by atoms with Crippen LogP contribution in [0.1, 0.15) is 58.8 Å². The molecule has 0 spiro atoms. The number of nitrogens with zero attached hydrogens (tertiary/aromatic N) is 1. The highest BCUT2D eigenvalue weighted by Crippen LogP contribution is 2.24. The van der Waals surface area contributed by atoms with Crippen LogP contribution in [0.2, 0.25) is 0 Å². The number of nitrogens with one attached hydrogen (secondary N) is 1. The van der Waals surface area contributed by atoms with Crippen LogP contribution in [0.5, 0.6) is 0 Å². The first-order valence-corrected chi connectivity index (χ1v) is 8.16. The van der Waals surface area contributed by atoms with Gasteiger partial charge in [0.05, 0.1) is 0 Å². The molecule has 1 aliphatic rings. The zero-order valence-corrected chi connectivity index (χ0v) is 13.1. The van der Waals surface area contributed by atoms with E-state index in [1.807, 2.05) is 7.05 Å². The van der Waals surface area contributed by atoms with Crippen molar-refractivity contribution >= 4 is 5.91 Å². The van der Waals surface area contributed by atoms with Gasteiger partial charge in [-0.2, -0.15) is 0 Å². The number of carbonyl (C=O) groups excluding carboxylic acids is 1. The fraction of sp³-hybridized carbons (Fsp3) is 0.938. The van der Waals surface area contributed by atoms with Crippen molar-refractivity contribution in [3.8, 4) is 0 Å². The fourth-order valence-electron chi connectivity index (χ4n) is 3.14. The lowest BCUT2D eigenvalue weighted by atomic mass is 9.91. The Kier molecular flexibility index (Phi) is 8.11. The molecule has 1 saturated heterocycles. The van der Waals surface area contributed by atoms with Crippen LogP contribution in [-0.4, -0.2) is 37.5 Å². The standard InChI is InChI=1S/C16H32N2O/c1-4-6-15(7-5-2)16(19)18-12-9-14(10-13-18)8-11-17-3/h14-15,17H,4-13H2,1-3H3. The van der Waals surface area contributed by atoms with Crippen LogP contribution >= 0.6 is 0 Å². The lowest BCUT2D eigenvalue weighted by Crippen LogP contribution is -2.42. The molecular formula is C16H32N2O. The predicted molar refractivity (Wildman–Crippen MR) is 81.2 cm³/mol. The van der Waals surface area contributed by atoms with E-state index in [-0.39, 0.29) is 5.92 Å². The van der Waals surface area contributed by atoms with Crippen molar-refractivity contribution in [3.05, 3.63) is 0 Å². The third-order valence-corrected chi connectivity index (χ3v) is 4.35. The molecule has 0 radical (unpaired) electrons. The van der Waals surface area contributed by atoms with Gasteiger partial charge in [-0.3, -0.25) is 4.79 Å². The van der Waals surface area contributed by atoms with E-state index in [1.165, 1.54) is 19.3 Å². The summed E-state index contributed by atoms with van der Waals surface area (Å²) >= 11 is 0. The van der Waals surface area contributed by atoms with Gasteiger partial charge in [0, 0.05) is 19.0 Å². The number of carbonyl (C=O) groups is 1. The van der Waals surface area contributed by atoms with E-state index in [9.17, 15) is 4.79 Å². The number of likely N-dealkylation sites (tertiary alicyclic amines) is 1. The Morgan fingerprint density at radius 3 is 2.26 bits per heavy atom. The van der Waals surface area contributed by atoms with Gasteiger partial charge >= 0.3 is 0 Å². The normalized spacial score (nSPS) is 17.2. The summed E-state index contributed by atoms with van der Waals surface area (Å²) in [4.78, 5) is 14.6. The third-order valence-electron chi connectivity index (χ3n) is 4.35. The molecule has 0 atom stereocenters. The first kappa shape index (κ1) is 16.5. The molecule has 0 unspecified atom stereocenters. The summed E-state index contributed by atoms with van der Waals surface area (Å²) in [5, 5.41) is 3.22. The maximum Gasteiger partial charge on any atom is 0.225 e. The molecule has 0 aliphatic carbocycles. The van der Waals surface area contributed by atoms with E-state index in [2.05, 4.69) is 24.1 Å². The molecule has 1 aliphatic heterocycles. The van der Waals surface area contributed by atoms with Crippen molar-refractivity contribution in [3.63, 3.8) is 0 Å². The maximum atomic E-state index is 12.5. The second-order valence-corrected chi connectivity index (χ2v) is 5.94. The molecule has 1 N–H and O–H groups in total. The van der Waals surface area contributed by atoms with Crippen LogP contribution in [0.3, 0.4) is 0 Å². The lowest BCUT2D eigenvalue weighted by Gasteiger charge is -2.34. The zero-order valence-electron chi connectivity index (χ0n) is 13.1. The summed E-state index contributed by atoms with van der Waals surface area (Å²) in [6.45, 7) is 7.43. The van der Waals surface area contributed by atoms with Crippen molar-refractivity contribution in [1.82, 2.24) is 10.2 Å². The minimum absolute atomic E-state index is 0.281. The van der Waals surface area contributed by atoms with Crippen LogP contribution < -0.4 is 5.32 Å². The molecule has 0 aromatic heterocycles. The first-order chi connectivity index (χ1) is 9.22. The van der Waals surface area contributed by atoms with E-state index in [0.717, 1.165) is 51.2 Å². The van der Waals surface area contributed by atoms with E-state index >= 15 is 0 Å². The van der Waals surface area contributed by atoms with Crippen LogP contribution in [0.25, 0.3) is 0 Å². The molecule has 0 aromatic rings. The molecule has 3 nitrogen and oxygen atoms in total. The van der Waals surface area contributed by atoms with Crippen molar-refractivity contribution in [2.24, 2.45) is 11.8 Å². The highest BCUT2D eigenvalue weighted by atomic mass is 16.2. The summed E-state index contributed by atoms with van der Waals surface area (Å²) in [6.07, 6.45) is 8.01. The molecule has 1 amide bonds. The van der Waals surface area contributed by atoms with Gasteiger partial charge < -0.3 is 10.2 Å². The topological polar surface area (TPSA) is 32.3 Å². The second-order valence-electron chi connectivity index (χ2n) is 5.94. The van der Waals surface area contributed by atoms with Gasteiger partial charge in [-0.1, -0.05) is 26.7 Å².